The van der Waals surface area contributed by atoms with Crippen molar-refractivity contribution in [2.45, 2.75) is 25.6 Å². The van der Waals surface area contributed by atoms with Gasteiger partial charge in [-0.25, -0.2) is 0 Å². The molecule has 1 heterocycles. The molecule has 0 fully saturated rings. The average molecular weight is 298 g/mol. The lowest BCUT2D eigenvalue weighted by molar-refractivity contribution is -0.140. The zero-order valence-corrected chi connectivity index (χ0v) is 12.4. The number of benzene rings is 2. The largest absolute Gasteiger partial charge is 0.488 e. The van der Waals surface area contributed by atoms with Crippen LogP contribution >= 0.6 is 0 Å². The lowest BCUT2D eigenvalue weighted by Gasteiger charge is -2.14. The van der Waals surface area contributed by atoms with Crippen LogP contribution < -0.4 is 4.74 Å². The number of aryl methyl sites for hydroxylation is 1. The van der Waals surface area contributed by atoms with E-state index in [9.17, 15) is 9.90 Å². The number of aliphatic hydroxyl groups is 1. The Bertz CT molecular complexity index is 693. The van der Waals surface area contributed by atoms with E-state index in [4.69, 9.17) is 4.74 Å². The molecule has 3 rings (SSSR count). The third-order valence-corrected chi connectivity index (χ3v) is 3.95. The molecule has 2 aromatic rings. The number of rotatable bonds is 3. The van der Waals surface area contributed by atoms with Gasteiger partial charge >= 0.3 is 5.97 Å². The van der Waals surface area contributed by atoms with E-state index >= 15 is 0 Å². The lowest BCUT2D eigenvalue weighted by Crippen LogP contribution is -2.04. The van der Waals surface area contributed by atoms with Crippen molar-refractivity contribution in [2.75, 3.05) is 7.11 Å². The van der Waals surface area contributed by atoms with Crippen LogP contribution in [0.4, 0.5) is 0 Å². The third kappa shape index (κ3) is 2.83. The van der Waals surface area contributed by atoms with Gasteiger partial charge in [-0.3, -0.25) is 4.79 Å². The molecule has 114 valence electrons. The van der Waals surface area contributed by atoms with Crippen molar-refractivity contribution >= 4 is 5.97 Å². The van der Waals surface area contributed by atoms with Crippen LogP contribution in [0.3, 0.4) is 0 Å². The molecule has 22 heavy (non-hydrogen) atoms. The monoisotopic (exact) mass is 298 g/mol. The van der Waals surface area contributed by atoms with Crippen LogP contribution in [0.25, 0.3) is 0 Å². The Hall–Kier alpha value is -2.33. The van der Waals surface area contributed by atoms with Gasteiger partial charge in [0.15, 0.2) is 0 Å². The zero-order valence-electron chi connectivity index (χ0n) is 12.4. The third-order valence-electron chi connectivity index (χ3n) is 3.95. The summed E-state index contributed by atoms with van der Waals surface area (Å²) in [6.45, 7) is 0.446. The Morgan fingerprint density at radius 3 is 2.91 bits per heavy atom. The minimum Gasteiger partial charge on any atom is -0.488 e. The molecule has 0 unspecified atom stereocenters. The van der Waals surface area contributed by atoms with Crippen LogP contribution in [-0.2, 0) is 22.6 Å². The van der Waals surface area contributed by atoms with E-state index in [0.29, 0.717) is 25.2 Å². The second-order valence-electron chi connectivity index (χ2n) is 5.34. The molecular weight excluding hydrogens is 280 g/mol. The lowest BCUT2D eigenvalue weighted by atomic mass is 9.95. The molecule has 0 spiro atoms. The van der Waals surface area contributed by atoms with Crippen molar-refractivity contribution in [2.24, 2.45) is 0 Å². The average Bonchev–Trinajstić information content (AvgIpc) is 2.70. The van der Waals surface area contributed by atoms with Gasteiger partial charge in [-0.15, -0.1) is 0 Å². The normalized spacial score (nSPS) is 16.0. The van der Waals surface area contributed by atoms with Gasteiger partial charge in [0, 0.05) is 12.0 Å². The van der Waals surface area contributed by atoms with Gasteiger partial charge in [0.05, 0.1) is 7.11 Å². The minimum absolute atomic E-state index is 0.239. The zero-order chi connectivity index (χ0) is 15.5. The van der Waals surface area contributed by atoms with Gasteiger partial charge in [-0.05, 0) is 35.2 Å². The quantitative estimate of drug-likeness (QED) is 0.885. The topological polar surface area (TPSA) is 55.8 Å². The fraction of sp³-hybridized carbons (Fsp3) is 0.278. The van der Waals surface area contributed by atoms with Gasteiger partial charge in [-0.2, -0.15) is 0 Å². The maximum atomic E-state index is 11.3. The highest BCUT2D eigenvalue weighted by Crippen LogP contribution is 2.36. The van der Waals surface area contributed by atoms with Crippen molar-refractivity contribution in [1.29, 1.82) is 0 Å². The maximum absolute atomic E-state index is 11.3. The molecule has 1 atom stereocenters. The van der Waals surface area contributed by atoms with Crippen molar-refractivity contribution in [1.82, 2.24) is 0 Å². The Labute approximate surface area is 129 Å². The molecule has 2 aromatic carbocycles. The first kappa shape index (κ1) is 14.6. The summed E-state index contributed by atoms with van der Waals surface area (Å²) in [7, 11) is 1.38. The Balaban J connectivity index is 1.90. The Morgan fingerprint density at radius 1 is 1.27 bits per heavy atom. The van der Waals surface area contributed by atoms with Crippen molar-refractivity contribution in [3.05, 3.63) is 64.7 Å². The molecule has 4 heteroatoms. The molecule has 4 nitrogen and oxygen atoms in total. The second-order valence-corrected chi connectivity index (χ2v) is 5.34. The van der Waals surface area contributed by atoms with Crippen LogP contribution in [0.5, 0.6) is 5.75 Å². The van der Waals surface area contributed by atoms with E-state index < -0.39 is 6.10 Å². The molecule has 0 amide bonds. The summed E-state index contributed by atoms with van der Waals surface area (Å²) in [5.41, 5.74) is 3.58. The maximum Gasteiger partial charge on any atom is 0.305 e. The van der Waals surface area contributed by atoms with E-state index in [-0.39, 0.29) is 5.97 Å². The van der Waals surface area contributed by atoms with E-state index in [2.05, 4.69) is 4.74 Å². The van der Waals surface area contributed by atoms with E-state index in [1.54, 1.807) is 0 Å². The first-order chi connectivity index (χ1) is 10.7. The number of hydrogen-bond donors (Lipinski definition) is 1. The predicted molar refractivity (Wildman–Crippen MR) is 81.6 cm³/mol. The van der Waals surface area contributed by atoms with Gasteiger partial charge in [0.2, 0.25) is 0 Å². The smallest absolute Gasteiger partial charge is 0.305 e. The van der Waals surface area contributed by atoms with E-state index in [0.717, 1.165) is 22.3 Å². The number of ether oxygens (including phenoxy) is 2. The molecule has 0 bridgehead atoms. The molecule has 1 N–H and O–H groups in total. The van der Waals surface area contributed by atoms with Crippen molar-refractivity contribution in [3.8, 4) is 5.75 Å². The SMILES string of the molecule is COC(=O)CCc1ccc2c(c1)[C@H](O)c1ccccc1CO2. The summed E-state index contributed by atoms with van der Waals surface area (Å²) in [4.78, 5) is 11.3. The van der Waals surface area contributed by atoms with Gasteiger partial charge < -0.3 is 14.6 Å². The summed E-state index contributed by atoms with van der Waals surface area (Å²) in [6, 6.07) is 13.4. The molecule has 0 radical (unpaired) electrons. The summed E-state index contributed by atoms with van der Waals surface area (Å²) in [6.07, 6.45) is 0.184. The number of aliphatic hydroxyl groups excluding tert-OH is 1. The summed E-state index contributed by atoms with van der Waals surface area (Å²) in [5.74, 6) is 0.447. The molecule has 1 aliphatic rings. The van der Waals surface area contributed by atoms with E-state index in [1.807, 2.05) is 42.5 Å². The molecule has 0 aliphatic carbocycles. The molecule has 0 saturated heterocycles. The van der Waals surface area contributed by atoms with E-state index in [1.165, 1.54) is 7.11 Å². The van der Waals surface area contributed by atoms with Crippen molar-refractivity contribution in [3.63, 3.8) is 0 Å². The predicted octanol–water partition coefficient (Wildman–Crippen LogP) is 2.77. The highest BCUT2D eigenvalue weighted by molar-refractivity contribution is 5.69. The number of esters is 1. The highest BCUT2D eigenvalue weighted by atomic mass is 16.5. The van der Waals surface area contributed by atoms with Gasteiger partial charge in [0.25, 0.3) is 0 Å². The first-order valence-electron chi connectivity index (χ1n) is 7.27. The number of hydrogen-bond acceptors (Lipinski definition) is 4. The molecule has 0 saturated carbocycles. The Morgan fingerprint density at radius 2 is 2.09 bits per heavy atom. The van der Waals surface area contributed by atoms with Crippen molar-refractivity contribution < 1.29 is 19.4 Å². The molecular formula is C18H18O4. The van der Waals surface area contributed by atoms with Crippen LogP contribution in [0.15, 0.2) is 42.5 Å². The van der Waals surface area contributed by atoms with Crippen LogP contribution in [0, 0.1) is 0 Å². The number of fused-ring (bicyclic) bond motifs is 2. The fourth-order valence-electron chi connectivity index (χ4n) is 2.70. The minimum atomic E-state index is -0.716. The Kier molecular flexibility index (Phi) is 4.11. The van der Waals surface area contributed by atoms with Gasteiger partial charge in [-0.1, -0.05) is 30.3 Å². The van der Waals surface area contributed by atoms with Gasteiger partial charge in [0.1, 0.15) is 18.5 Å². The number of carbonyl (C=O) groups excluding carboxylic acids is 1. The molecule has 0 aromatic heterocycles. The van der Waals surface area contributed by atoms with Crippen LogP contribution in [0.1, 0.15) is 34.8 Å². The van der Waals surface area contributed by atoms with Crippen LogP contribution in [0.2, 0.25) is 0 Å². The first-order valence-corrected chi connectivity index (χ1v) is 7.27. The number of methoxy groups -OCH3 is 1. The number of carbonyl (C=O) groups is 1. The highest BCUT2D eigenvalue weighted by Gasteiger charge is 2.22. The molecule has 1 aliphatic heterocycles. The standard InChI is InChI=1S/C18H18O4/c1-21-17(19)9-7-12-6-8-16-15(10-12)18(20)14-5-3-2-4-13(14)11-22-16/h2-6,8,10,18,20H,7,9,11H2,1H3/t18-/m1/s1. The summed E-state index contributed by atoms with van der Waals surface area (Å²) < 4.78 is 10.5. The van der Waals surface area contributed by atoms with Crippen LogP contribution in [-0.4, -0.2) is 18.2 Å². The summed E-state index contributed by atoms with van der Waals surface area (Å²) >= 11 is 0. The summed E-state index contributed by atoms with van der Waals surface area (Å²) in [5, 5.41) is 10.7. The second kappa shape index (κ2) is 6.20. The fourth-order valence-corrected chi connectivity index (χ4v) is 2.70.